The Morgan fingerprint density at radius 1 is 1.54 bits per heavy atom. The van der Waals surface area contributed by atoms with Crippen molar-refractivity contribution in [1.82, 2.24) is 10.3 Å². The van der Waals surface area contributed by atoms with Gasteiger partial charge in [-0.05, 0) is 31.5 Å². The Kier molecular flexibility index (Phi) is 2.19. The van der Waals surface area contributed by atoms with E-state index < -0.39 is 0 Å². The lowest BCUT2D eigenvalue weighted by Crippen LogP contribution is -2.24. The van der Waals surface area contributed by atoms with Gasteiger partial charge in [0.05, 0.1) is 12.8 Å². The van der Waals surface area contributed by atoms with Gasteiger partial charge in [-0.25, -0.2) is 4.98 Å². The molecule has 0 saturated carbocycles. The number of pyridine rings is 1. The first-order valence-corrected chi connectivity index (χ1v) is 4.55. The third-order valence-electron chi connectivity index (χ3n) is 2.39. The molecule has 0 aromatic carbocycles. The van der Waals surface area contributed by atoms with Crippen molar-refractivity contribution in [2.75, 3.05) is 13.7 Å². The Bertz CT molecular complexity index is 323. The van der Waals surface area contributed by atoms with Crippen LogP contribution in [0, 0.1) is 6.92 Å². The zero-order chi connectivity index (χ0) is 9.26. The maximum absolute atomic E-state index is 5.17. The molecule has 2 heterocycles. The molecule has 1 aliphatic heterocycles. The fourth-order valence-corrected chi connectivity index (χ4v) is 1.69. The number of fused-ring (bicyclic) bond motifs is 1. The molecule has 0 aliphatic carbocycles. The van der Waals surface area contributed by atoms with Gasteiger partial charge in [0.15, 0.2) is 0 Å². The lowest BCUT2D eigenvalue weighted by Gasteiger charge is -2.17. The Balaban J connectivity index is 2.44. The summed E-state index contributed by atoms with van der Waals surface area (Å²) in [7, 11) is 1.66. The Morgan fingerprint density at radius 2 is 2.38 bits per heavy atom. The highest BCUT2D eigenvalue weighted by Crippen LogP contribution is 2.20. The molecule has 0 atom stereocenters. The Hall–Kier alpha value is -1.09. The zero-order valence-electron chi connectivity index (χ0n) is 8.05. The van der Waals surface area contributed by atoms with E-state index in [0.717, 1.165) is 36.6 Å². The molecule has 0 fully saturated rings. The number of methoxy groups -OCH3 is 1. The quantitative estimate of drug-likeness (QED) is 0.697. The molecule has 1 aromatic heterocycles. The van der Waals surface area contributed by atoms with Crippen LogP contribution < -0.4 is 10.1 Å². The molecule has 13 heavy (non-hydrogen) atoms. The molecule has 0 bridgehead atoms. The van der Waals surface area contributed by atoms with Crippen LogP contribution in [0.15, 0.2) is 6.07 Å². The molecule has 0 amide bonds. The second-order valence-corrected chi connectivity index (χ2v) is 3.35. The van der Waals surface area contributed by atoms with Crippen molar-refractivity contribution >= 4 is 0 Å². The SMILES string of the molecule is COc1nc2c(cc1C)CCNC2. The third kappa shape index (κ3) is 1.52. The summed E-state index contributed by atoms with van der Waals surface area (Å²) in [5, 5.41) is 3.29. The Labute approximate surface area is 78.1 Å². The molecular formula is C10H14N2O. The summed E-state index contributed by atoms with van der Waals surface area (Å²) in [4.78, 5) is 4.45. The second kappa shape index (κ2) is 3.34. The van der Waals surface area contributed by atoms with E-state index in [4.69, 9.17) is 4.74 Å². The summed E-state index contributed by atoms with van der Waals surface area (Å²) in [6.07, 6.45) is 1.08. The van der Waals surface area contributed by atoms with Crippen LogP contribution in [0.25, 0.3) is 0 Å². The van der Waals surface area contributed by atoms with E-state index in [9.17, 15) is 0 Å². The number of rotatable bonds is 1. The molecule has 70 valence electrons. The normalized spacial score (nSPS) is 15.2. The molecule has 0 unspecified atom stereocenters. The fourth-order valence-electron chi connectivity index (χ4n) is 1.69. The van der Waals surface area contributed by atoms with Gasteiger partial charge in [-0.2, -0.15) is 0 Å². The smallest absolute Gasteiger partial charge is 0.216 e. The molecule has 1 aliphatic rings. The van der Waals surface area contributed by atoms with Crippen molar-refractivity contribution in [3.8, 4) is 5.88 Å². The minimum absolute atomic E-state index is 0.752. The number of nitrogens with zero attached hydrogens (tertiary/aromatic N) is 1. The summed E-state index contributed by atoms with van der Waals surface area (Å²) < 4.78 is 5.17. The van der Waals surface area contributed by atoms with Crippen LogP contribution in [0.3, 0.4) is 0 Å². The van der Waals surface area contributed by atoms with E-state index in [1.165, 1.54) is 5.56 Å². The van der Waals surface area contributed by atoms with Crippen molar-refractivity contribution in [2.24, 2.45) is 0 Å². The number of ether oxygens (including phenoxy) is 1. The second-order valence-electron chi connectivity index (χ2n) is 3.35. The molecule has 1 N–H and O–H groups in total. The standard InChI is InChI=1S/C10H14N2O/c1-7-5-8-3-4-11-6-9(8)12-10(7)13-2/h5,11H,3-4,6H2,1-2H3. The molecule has 3 nitrogen and oxygen atoms in total. The van der Waals surface area contributed by atoms with Gasteiger partial charge in [0.25, 0.3) is 0 Å². The number of hydrogen-bond donors (Lipinski definition) is 1. The van der Waals surface area contributed by atoms with Crippen LogP contribution in [0.1, 0.15) is 16.8 Å². The van der Waals surface area contributed by atoms with Gasteiger partial charge in [-0.15, -0.1) is 0 Å². The van der Waals surface area contributed by atoms with Gasteiger partial charge in [-0.3, -0.25) is 0 Å². The highest BCUT2D eigenvalue weighted by atomic mass is 16.5. The first-order valence-electron chi connectivity index (χ1n) is 4.55. The minimum atomic E-state index is 0.752. The highest BCUT2D eigenvalue weighted by Gasteiger charge is 2.12. The van der Waals surface area contributed by atoms with Gasteiger partial charge in [0.2, 0.25) is 5.88 Å². The van der Waals surface area contributed by atoms with Crippen LogP contribution in [0.5, 0.6) is 5.88 Å². The molecule has 0 spiro atoms. The molecular weight excluding hydrogens is 164 g/mol. The molecule has 0 saturated heterocycles. The third-order valence-corrected chi connectivity index (χ3v) is 2.39. The largest absolute Gasteiger partial charge is 0.481 e. The summed E-state index contributed by atoms with van der Waals surface area (Å²) in [6, 6.07) is 2.18. The lowest BCUT2D eigenvalue weighted by molar-refractivity contribution is 0.391. The summed E-state index contributed by atoms with van der Waals surface area (Å²) in [6.45, 7) is 3.96. The maximum Gasteiger partial charge on any atom is 0.216 e. The highest BCUT2D eigenvalue weighted by molar-refractivity contribution is 5.34. The van der Waals surface area contributed by atoms with Gasteiger partial charge < -0.3 is 10.1 Å². The average Bonchev–Trinajstić information content (AvgIpc) is 2.17. The molecule has 1 aromatic rings. The predicted octanol–water partition coefficient (Wildman–Crippen LogP) is 1.04. The van der Waals surface area contributed by atoms with Gasteiger partial charge >= 0.3 is 0 Å². The first kappa shape index (κ1) is 8.51. The van der Waals surface area contributed by atoms with E-state index in [-0.39, 0.29) is 0 Å². The topological polar surface area (TPSA) is 34.1 Å². The first-order chi connectivity index (χ1) is 6.31. The fraction of sp³-hybridized carbons (Fsp3) is 0.500. The van der Waals surface area contributed by atoms with Crippen LogP contribution in [-0.2, 0) is 13.0 Å². The lowest BCUT2D eigenvalue weighted by atomic mass is 10.0. The van der Waals surface area contributed by atoms with E-state index in [2.05, 4.69) is 16.4 Å². The van der Waals surface area contributed by atoms with E-state index in [1.807, 2.05) is 6.92 Å². The van der Waals surface area contributed by atoms with Crippen molar-refractivity contribution in [2.45, 2.75) is 19.9 Å². The maximum atomic E-state index is 5.17. The van der Waals surface area contributed by atoms with Crippen LogP contribution in [0.2, 0.25) is 0 Å². The monoisotopic (exact) mass is 178 g/mol. The van der Waals surface area contributed by atoms with Gasteiger partial charge in [0, 0.05) is 12.1 Å². The number of nitrogens with one attached hydrogen (secondary N) is 1. The van der Waals surface area contributed by atoms with E-state index in [1.54, 1.807) is 7.11 Å². The molecule has 2 rings (SSSR count). The number of aryl methyl sites for hydroxylation is 1. The molecule has 0 radical (unpaired) electrons. The van der Waals surface area contributed by atoms with Gasteiger partial charge in [0.1, 0.15) is 0 Å². The van der Waals surface area contributed by atoms with Crippen molar-refractivity contribution in [3.05, 3.63) is 22.9 Å². The minimum Gasteiger partial charge on any atom is -0.481 e. The average molecular weight is 178 g/mol. The van der Waals surface area contributed by atoms with Crippen LogP contribution in [-0.4, -0.2) is 18.6 Å². The summed E-state index contributed by atoms with van der Waals surface area (Å²) >= 11 is 0. The van der Waals surface area contributed by atoms with Crippen molar-refractivity contribution in [1.29, 1.82) is 0 Å². The van der Waals surface area contributed by atoms with Crippen molar-refractivity contribution < 1.29 is 4.74 Å². The molecule has 3 heteroatoms. The van der Waals surface area contributed by atoms with E-state index >= 15 is 0 Å². The zero-order valence-corrected chi connectivity index (χ0v) is 8.05. The summed E-state index contributed by atoms with van der Waals surface area (Å²) in [5.74, 6) is 0.752. The van der Waals surface area contributed by atoms with Crippen LogP contribution in [0.4, 0.5) is 0 Å². The van der Waals surface area contributed by atoms with Gasteiger partial charge in [-0.1, -0.05) is 0 Å². The van der Waals surface area contributed by atoms with Crippen molar-refractivity contribution in [3.63, 3.8) is 0 Å². The van der Waals surface area contributed by atoms with E-state index in [0.29, 0.717) is 0 Å². The summed E-state index contributed by atoms with van der Waals surface area (Å²) in [5.41, 5.74) is 3.62. The van der Waals surface area contributed by atoms with Crippen LogP contribution >= 0.6 is 0 Å². The Morgan fingerprint density at radius 3 is 3.15 bits per heavy atom. The predicted molar refractivity (Wildman–Crippen MR) is 50.9 cm³/mol. The number of hydrogen-bond acceptors (Lipinski definition) is 3. The number of aromatic nitrogens is 1.